The summed E-state index contributed by atoms with van der Waals surface area (Å²) in [5.41, 5.74) is 4.85. The molecule has 20 heavy (non-hydrogen) atoms. The number of hydrogen-bond donors (Lipinski definition) is 1. The number of piperazine rings is 1. The zero-order valence-corrected chi connectivity index (χ0v) is 12.8. The van der Waals surface area contributed by atoms with Crippen molar-refractivity contribution in [2.75, 3.05) is 39.0 Å². The molecule has 5 heteroatoms. The monoisotopic (exact) mass is 290 g/mol. The van der Waals surface area contributed by atoms with Crippen molar-refractivity contribution in [3.63, 3.8) is 0 Å². The van der Waals surface area contributed by atoms with Crippen molar-refractivity contribution in [2.45, 2.75) is 12.5 Å². The largest absolute Gasteiger partial charge is 0.304 e. The molecule has 108 valence electrons. The fraction of sp³-hybridized carbons (Fsp3) is 0.533. The Balaban J connectivity index is 1.50. The lowest BCUT2D eigenvalue weighted by Crippen LogP contribution is -2.51. The Hall–Kier alpha value is -1.04. The number of hydrogen-bond acceptors (Lipinski definition) is 5. The minimum atomic E-state index is 0.414. The second-order valence-electron chi connectivity index (χ2n) is 5.49. The lowest BCUT2D eigenvalue weighted by atomic mass is 10.1. The van der Waals surface area contributed by atoms with E-state index in [1.165, 1.54) is 5.56 Å². The fourth-order valence-electron chi connectivity index (χ4n) is 2.52. The van der Waals surface area contributed by atoms with Gasteiger partial charge < -0.3 is 4.90 Å². The zero-order valence-electron chi connectivity index (χ0n) is 12.0. The first-order chi connectivity index (χ1) is 9.79. The van der Waals surface area contributed by atoms with E-state index in [4.69, 9.17) is 4.99 Å². The number of nitrogens with zero attached hydrogens (tertiary/aromatic N) is 3. The van der Waals surface area contributed by atoms with Gasteiger partial charge in [-0.1, -0.05) is 42.1 Å². The Morgan fingerprint density at radius 1 is 1.20 bits per heavy atom. The molecule has 0 amide bonds. The van der Waals surface area contributed by atoms with Gasteiger partial charge in [-0.05, 0) is 19.0 Å². The second kappa shape index (κ2) is 6.61. The first-order valence-corrected chi connectivity index (χ1v) is 8.23. The van der Waals surface area contributed by atoms with Crippen LogP contribution in [0.1, 0.15) is 5.56 Å². The Kier molecular flexibility index (Phi) is 4.60. The lowest BCUT2D eigenvalue weighted by molar-refractivity contribution is 0.132. The van der Waals surface area contributed by atoms with E-state index in [2.05, 4.69) is 52.7 Å². The predicted molar refractivity (Wildman–Crippen MR) is 86.0 cm³/mol. The predicted octanol–water partition coefficient (Wildman–Crippen LogP) is 1.45. The van der Waals surface area contributed by atoms with Gasteiger partial charge in [0.1, 0.15) is 0 Å². The average molecular weight is 290 g/mol. The van der Waals surface area contributed by atoms with Gasteiger partial charge >= 0.3 is 0 Å². The number of hydrazine groups is 1. The Morgan fingerprint density at radius 2 is 1.95 bits per heavy atom. The van der Waals surface area contributed by atoms with Gasteiger partial charge in [0.25, 0.3) is 0 Å². The number of nitrogens with one attached hydrogen (secondary N) is 1. The second-order valence-corrected chi connectivity index (χ2v) is 6.50. The van der Waals surface area contributed by atoms with E-state index in [9.17, 15) is 0 Å². The zero-order chi connectivity index (χ0) is 13.8. The Morgan fingerprint density at radius 3 is 2.70 bits per heavy atom. The molecule has 0 aliphatic carbocycles. The van der Waals surface area contributed by atoms with Gasteiger partial charge in [0.2, 0.25) is 0 Å². The van der Waals surface area contributed by atoms with Crippen molar-refractivity contribution in [3.05, 3.63) is 35.9 Å². The van der Waals surface area contributed by atoms with Gasteiger partial charge in [-0.25, -0.2) is 5.01 Å². The molecule has 1 aromatic rings. The highest BCUT2D eigenvalue weighted by Crippen LogP contribution is 2.20. The van der Waals surface area contributed by atoms with Crippen LogP contribution < -0.4 is 5.43 Å². The molecule has 1 atom stereocenters. The molecular formula is C15H22N4S. The van der Waals surface area contributed by atoms with Crippen LogP contribution in [0.25, 0.3) is 0 Å². The molecule has 2 aliphatic heterocycles. The third kappa shape index (κ3) is 3.75. The minimum absolute atomic E-state index is 0.414. The number of rotatable bonds is 3. The highest BCUT2D eigenvalue weighted by molar-refractivity contribution is 8.14. The standard InChI is InChI=1S/C15H22N4S/c1-18-7-9-19(10-8-18)17-15-16-14(12-20-15)11-13-5-3-2-4-6-13/h2-6,14H,7-12H2,1H3,(H,16,17). The summed E-state index contributed by atoms with van der Waals surface area (Å²) in [5, 5.41) is 3.38. The number of thioether (sulfide) groups is 1. The summed E-state index contributed by atoms with van der Waals surface area (Å²) in [5.74, 6) is 1.09. The van der Waals surface area contributed by atoms with E-state index in [-0.39, 0.29) is 0 Å². The molecule has 3 rings (SSSR count). The van der Waals surface area contributed by atoms with Gasteiger partial charge in [-0.15, -0.1) is 0 Å². The van der Waals surface area contributed by atoms with Crippen LogP contribution in [-0.4, -0.2) is 60.1 Å². The van der Waals surface area contributed by atoms with Crippen molar-refractivity contribution in [1.29, 1.82) is 0 Å². The molecule has 0 spiro atoms. The molecule has 0 aromatic heterocycles. The van der Waals surface area contributed by atoms with Crippen LogP contribution in [0.4, 0.5) is 0 Å². The molecule has 0 saturated carbocycles. The number of aliphatic imine (C=N–C) groups is 1. The van der Waals surface area contributed by atoms with Crippen LogP contribution in [0.5, 0.6) is 0 Å². The maximum Gasteiger partial charge on any atom is 0.171 e. The number of amidine groups is 1. The molecular weight excluding hydrogens is 268 g/mol. The van der Waals surface area contributed by atoms with Crippen molar-refractivity contribution in [1.82, 2.24) is 15.3 Å². The SMILES string of the molecule is CN1CCN(NC2=NC(Cc3ccccc3)CS2)CC1. The van der Waals surface area contributed by atoms with Crippen LogP contribution in [0, 0.1) is 0 Å². The Bertz CT molecular complexity index is 454. The van der Waals surface area contributed by atoms with Gasteiger partial charge in [-0.3, -0.25) is 10.4 Å². The average Bonchev–Trinajstić information content (AvgIpc) is 2.90. The summed E-state index contributed by atoms with van der Waals surface area (Å²) >= 11 is 1.85. The molecule has 1 aromatic carbocycles. The summed E-state index contributed by atoms with van der Waals surface area (Å²) in [7, 11) is 2.18. The van der Waals surface area contributed by atoms with E-state index in [1.54, 1.807) is 0 Å². The first kappa shape index (κ1) is 13.9. The molecule has 4 nitrogen and oxygen atoms in total. The summed E-state index contributed by atoms with van der Waals surface area (Å²) < 4.78 is 0. The van der Waals surface area contributed by atoms with Gasteiger partial charge in [0, 0.05) is 31.9 Å². The van der Waals surface area contributed by atoms with Crippen LogP contribution in [0.15, 0.2) is 35.3 Å². The number of likely N-dealkylation sites (N-methyl/N-ethyl adjacent to an activating group) is 1. The van der Waals surface area contributed by atoms with Crippen LogP contribution in [0.3, 0.4) is 0 Å². The van der Waals surface area contributed by atoms with E-state index in [0.29, 0.717) is 6.04 Å². The first-order valence-electron chi connectivity index (χ1n) is 7.24. The normalized spacial score (nSPS) is 24.6. The summed E-state index contributed by atoms with van der Waals surface area (Å²) in [6.07, 6.45) is 1.04. The van der Waals surface area contributed by atoms with E-state index < -0.39 is 0 Å². The van der Waals surface area contributed by atoms with Crippen LogP contribution in [-0.2, 0) is 6.42 Å². The van der Waals surface area contributed by atoms with Crippen molar-refractivity contribution in [3.8, 4) is 0 Å². The highest BCUT2D eigenvalue weighted by atomic mass is 32.2. The van der Waals surface area contributed by atoms with Gasteiger partial charge in [0.15, 0.2) is 5.17 Å². The minimum Gasteiger partial charge on any atom is -0.304 e. The maximum atomic E-state index is 4.81. The quantitative estimate of drug-likeness (QED) is 0.913. The summed E-state index contributed by atoms with van der Waals surface area (Å²) in [6, 6.07) is 11.1. The Labute approximate surface area is 125 Å². The van der Waals surface area contributed by atoms with E-state index in [1.807, 2.05) is 11.8 Å². The van der Waals surface area contributed by atoms with Crippen LogP contribution in [0.2, 0.25) is 0 Å². The maximum absolute atomic E-state index is 4.81. The topological polar surface area (TPSA) is 30.9 Å². The molecule has 1 unspecified atom stereocenters. The third-order valence-corrected chi connectivity index (χ3v) is 4.81. The van der Waals surface area contributed by atoms with Crippen LogP contribution >= 0.6 is 11.8 Å². The van der Waals surface area contributed by atoms with E-state index >= 15 is 0 Å². The fourth-order valence-corrected chi connectivity index (χ4v) is 3.48. The summed E-state index contributed by atoms with van der Waals surface area (Å²) in [6.45, 7) is 4.38. The summed E-state index contributed by atoms with van der Waals surface area (Å²) in [4.78, 5) is 7.17. The molecule has 1 N–H and O–H groups in total. The van der Waals surface area contributed by atoms with Crippen molar-refractivity contribution >= 4 is 16.9 Å². The molecule has 1 saturated heterocycles. The smallest absolute Gasteiger partial charge is 0.171 e. The molecule has 0 bridgehead atoms. The van der Waals surface area contributed by atoms with Gasteiger partial charge in [-0.2, -0.15) is 0 Å². The van der Waals surface area contributed by atoms with E-state index in [0.717, 1.165) is 43.5 Å². The third-order valence-electron chi connectivity index (χ3n) is 3.78. The molecule has 2 aliphatic rings. The van der Waals surface area contributed by atoms with Crippen molar-refractivity contribution < 1.29 is 0 Å². The number of benzene rings is 1. The lowest BCUT2D eigenvalue weighted by Gasteiger charge is -2.32. The van der Waals surface area contributed by atoms with Gasteiger partial charge in [0.05, 0.1) is 6.04 Å². The van der Waals surface area contributed by atoms with Crippen molar-refractivity contribution in [2.24, 2.45) is 4.99 Å². The molecule has 1 fully saturated rings. The molecule has 2 heterocycles. The highest BCUT2D eigenvalue weighted by Gasteiger charge is 2.21. The molecule has 0 radical (unpaired) electrons.